The number of carboxylic acid groups (broad SMARTS) is 1. The van der Waals surface area contributed by atoms with Gasteiger partial charge in [-0.1, -0.05) is 13.3 Å². The molecule has 116 valence electrons. The molecule has 1 saturated heterocycles. The molecule has 21 heavy (non-hydrogen) atoms. The SMILES string of the molecule is CCC1CCN(C(=O)NC(C)c2nccs2)C(C(=O)O)C1. The van der Waals surface area contributed by atoms with Gasteiger partial charge in [-0.2, -0.15) is 0 Å². The molecule has 2 amide bonds. The highest BCUT2D eigenvalue weighted by Gasteiger charge is 2.36. The fourth-order valence-corrected chi connectivity index (χ4v) is 3.31. The first kappa shape index (κ1) is 15.8. The number of rotatable bonds is 4. The highest BCUT2D eigenvalue weighted by molar-refractivity contribution is 7.09. The number of carboxylic acids is 1. The smallest absolute Gasteiger partial charge is 0.326 e. The quantitative estimate of drug-likeness (QED) is 0.895. The lowest BCUT2D eigenvalue weighted by atomic mass is 9.89. The first-order chi connectivity index (χ1) is 10.0. The molecule has 2 heterocycles. The van der Waals surface area contributed by atoms with E-state index < -0.39 is 12.0 Å². The summed E-state index contributed by atoms with van der Waals surface area (Å²) >= 11 is 1.47. The monoisotopic (exact) mass is 311 g/mol. The zero-order valence-corrected chi connectivity index (χ0v) is 13.1. The van der Waals surface area contributed by atoms with E-state index in [2.05, 4.69) is 17.2 Å². The first-order valence-corrected chi connectivity index (χ1v) is 8.10. The number of thiazole rings is 1. The Bertz CT molecular complexity index is 492. The molecule has 2 N–H and O–H groups in total. The second-order valence-electron chi connectivity index (χ2n) is 5.39. The van der Waals surface area contributed by atoms with Gasteiger partial charge in [-0.15, -0.1) is 11.3 Å². The summed E-state index contributed by atoms with van der Waals surface area (Å²) in [6.07, 6.45) is 4.04. The number of aliphatic carboxylic acids is 1. The average Bonchev–Trinajstić information content (AvgIpc) is 3.00. The molecular weight excluding hydrogens is 290 g/mol. The van der Waals surface area contributed by atoms with E-state index in [0.717, 1.165) is 17.8 Å². The highest BCUT2D eigenvalue weighted by Crippen LogP contribution is 2.26. The number of aromatic nitrogens is 1. The van der Waals surface area contributed by atoms with Crippen LogP contribution >= 0.6 is 11.3 Å². The zero-order chi connectivity index (χ0) is 15.4. The van der Waals surface area contributed by atoms with Gasteiger partial charge >= 0.3 is 12.0 Å². The molecule has 1 aromatic heterocycles. The van der Waals surface area contributed by atoms with E-state index in [1.807, 2.05) is 12.3 Å². The molecule has 6 nitrogen and oxygen atoms in total. The molecule has 7 heteroatoms. The summed E-state index contributed by atoms with van der Waals surface area (Å²) in [5, 5.41) is 14.9. The molecule has 3 unspecified atom stereocenters. The summed E-state index contributed by atoms with van der Waals surface area (Å²) in [5.74, 6) is -0.545. The summed E-state index contributed by atoms with van der Waals surface area (Å²) in [4.78, 5) is 29.4. The Labute approximate surface area is 128 Å². The molecule has 1 aromatic rings. The van der Waals surface area contributed by atoms with Gasteiger partial charge in [0.1, 0.15) is 11.0 Å². The molecule has 1 fully saturated rings. The second kappa shape index (κ2) is 6.89. The molecule has 0 saturated carbocycles. The van der Waals surface area contributed by atoms with Gasteiger partial charge < -0.3 is 15.3 Å². The number of amides is 2. The minimum Gasteiger partial charge on any atom is -0.480 e. The van der Waals surface area contributed by atoms with Crippen LogP contribution in [-0.4, -0.2) is 39.6 Å². The average molecular weight is 311 g/mol. The van der Waals surface area contributed by atoms with Gasteiger partial charge in [-0.3, -0.25) is 0 Å². The minimum atomic E-state index is -0.926. The van der Waals surface area contributed by atoms with Crippen LogP contribution < -0.4 is 5.32 Å². The maximum atomic E-state index is 12.3. The summed E-state index contributed by atoms with van der Waals surface area (Å²) in [5.41, 5.74) is 0. The predicted octanol–water partition coefficient (Wildman–Crippen LogP) is 2.49. The first-order valence-electron chi connectivity index (χ1n) is 7.22. The van der Waals surface area contributed by atoms with Crippen molar-refractivity contribution < 1.29 is 14.7 Å². The maximum absolute atomic E-state index is 12.3. The van der Waals surface area contributed by atoms with Crippen molar-refractivity contribution >= 4 is 23.3 Å². The number of hydrogen-bond acceptors (Lipinski definition) is 4. The van der Waals surface area contributed by atoms with Crippen molar-refractivity contribution in [3.8, 4) is 0 Å². The van der Waals surface area contributed by atoms with Crippen molar-refractivity contribution in [2.75, 3.05) is 6.54 Å². The van der Waals surface area contributed by atoms with Crippen LogP contribution in [0.2, 0.25) is 0 Å². The summed E-state index contributed by atoms with van der Waals surface area (Å²) < 4.78 is 0. The third kappa shape index (κ3) is 3.72. The number of nitrogens with one attached hydrogen (secondary N) is 1. The molecule has 0 aromatic carbocycles. The summed E-state index contributed by atoms with van der Waals surface area (Å²) in [6.45, 7) is 4.40. The Morgan fingerprint density at radius 3 is 2.95 bits per heavy atom. The Morgan fingerprint density at radius 1 is 1.62 bits per heavy atom. The van der Waals surface area contributed by atoms with E-state index in [9.17, 15) is 14.7 Å². The van der Waals surface area contributed by atoms with Crippen LogP contribution in [0.5, 0.6) is 0 Å². The zero-order valence-electron chi connectivity index (χ0n) is 12.3. The van der Waals surface area contributed by atoms with Gasteiger partial charge in [-0.25, -0.2) is 14.6 Å². The van der Waals surface area contributed by atoms with Crippen LogP contribution in [-0.2, 0) is 4.79 Å². The van der Waals surface area contributed by atoms with E-state index in [4.69, 9.17) is 0 Å². The van der Waals surface area contributed by atoms with Crippen molar-refractivity contribution in [2.24, 2.45) is 5.92 Å². The van der Waals surface area contributed by atoms with E-state index in [1.165, 1.54) is 16.2 Å². The Kier molecular flexibility index (Phi) is 5.17. The molecule has 0 aliphatic carbocycles. The Balaban J connectivity index is 2.01. The van der Waals surface area contributed by atoms with Crippen LogP contribution in [0.1, 0.15) is 44.2 Å². The van der Waals surface area contributed by atoms with Crippen molar-refractivity contribution in [3.05, 3.63) is 16.6 Å². The van der Waals surface area contributed by atoms with Crippen molar-refractivity contribution in [3.63, 3.8) is 0 Å². The number of urea groups is 1. The van der Waals surface area contributed by atoms with E-state index in [0.29, 0.717) is 18.9 Å². The van der Waals surface area contributed by atoms with E-state index >= 15 is 0 Å². The van der Waals surface area contributed by atoms with Crippen molar-refractivity contribution in [2.45, 2.75) is 45.2 Å². The van der Waals surface area contributed by atoms with Gasteiger partial charge in [0, 0.05) is 18.1 Å². The van der Waals surface area contributed by atoms with Crippen LogP contribution in [0.25, 0.3) is 0 Å². The number of carbonyl (C=O) groups is 2. The molecule has 0 radical (unpaired) electrons. The summed E-state index contributed by atoms with van der Waals surface area (Å²) in [7, 11) is 0. The molecular formula is C14H21N3O3S. The molecule has 3 atom stereocenters. The predicted molar refractivity (Wildman–Crippen MR) is 80.2 cm³/mol. The van der Waals surface area contributed by atoms with Crippen LogP contribution in [0.15, 0.2) is 11.6 Å². The molecule has 0 bridgehead atoms. The normalized spacial score (nSPS) is 23.6. The van der Waals surface area contributed by atoms with Crippen molar-refractivity contribution in [1.82, 2.24) is 15.2 Å². The van der Waals surface area contributed by atoms with Gasteiger partial charge in [0.2, 0.25) is 0 Å². The highest BCUT2D eigenvalue weighted by atomic mass is 32.1. The third-order valence-electron chi connectivity index (χ3n) is 4.00. The largest absolute Gasteiger partial charge is 0.480 e. The standard InChI is InChI=1S/C14H21N3O3S/c1-3-10-4-6-17(11(8-10)13(18)19)14(20)16-9(2)12-15-5-7-21-12/h5,7,9-11H,3-4,6,8H2,1-2H3,(H,16,20)(H,18,19). The lowest BCUT2D eigenvalue weighted by molar-refractivity contribution is -0.144. The number of nitrogens with zero attached hydrogens (tertiary/aromatic N) is 2. The Hall–Kier alpha value is -1.63. The van der Waals surface area contributed by atoms with E-state index in [1.54, 1.807) is 6.20 Å². The van der Waals surface area contributed by atoms with E-state index in [-0.39, 0.29) is 12.1 Å². The lowest BCUT2D eigenvalue weighted by Crippen LogP contribution is -2.53. The number of piperidine rings is 1. The minimum absolute atomic E-state index is 0.212. The number of carbonyl (C=O) groups excluding carboxylic acids is 1. The van der Waals surface area contributed by atoms with Crippen LogP contribution in [0.4, 0.5) is 4.79 Å². The molecule has 1 aliphatic rings. The maximum Gasteiger partial charge on any atom is 0.326 e. The molecule has 2 rings (SSSR count). The number of likely N-dealkylation sites (tertiary alicyclic amines) is 1. The van der Waals surface area contributed by atoms with Crippen molar-refractivity contribution in [1.29, 1.82) is 0 Å². The molecule has 1 aliphatic heterocycles. The lowest BCUT2D eigenvalue weighted by Gasteiger charge is -2.37. The fourth-order valence-electron chi connectivity index (χ4n) is 2.66. The third-order valence-corrected chi connectivity index (χ3v) is 4.95. The summed E-state index contributed by atoms with van der Waals surface area (Å²) in [6, 6.07) is -1.26. The molecule has 0 spiro atoms. The topological polar surface area (TPSA) is 82.5 Å². The second-order valence-corrected chi connectivity index (χ2v) is 6.31. The van der Waals surface area contributed by atoms with Gasteiger partial charge in [0.25, 0.3) is 0 Å². The number of hydrogen-bond donors (Lipinski definition) is 2. The van der Waals surface area contributed by atoms with Crippen LogP contribution in [0, 0.1) is 5.92 Å². The Morgan fingerprint density at radius 2 is 2.38 bits per heavy atom. The van der Waals surface area contributed by atoms with Crippen LogP contribution in [0.3, 0.4) is 0 Å². The van der Waals surface area contributed by atoms with Gasteiger partial charge in [0.15, 0.2) is 0 Å². The fraction of sp³-hybridized carbons (Fsp3) is 0.643. The van der Waals surface area contributed by atoms with Gasteiger partial charge in [0.05, 0.1) is 6.04 Å². The van der Waals surface area contributed by atoms with Gasteiger partial charge in [-0.05, 0) is 25.7 Å².